The van der Waals surface area contributed by atoms with Crippen LogP contribution in [0, 0.1) is 23.7 Å². The van der Waals surface area contributed by atoms with Gasteiger partial charge in [0.15, 0.2) is 5.13 Å². The summed E-state index contributed by atoms with van der Waals surface area (Å²) in [6.45, 7) is 4.07. The van der Waals surface area contributed by atoms with E-state index >= 15 is 0 Å². The summed E-state index contributed by atoms with van der Waals surface area (Å²) in [7, 11) is 0. The maximum absolute atomic E-state index is 12.9. The zero-order valence-corrected chi connectivity index (χ0v) is 16.9. The highest BCUT2D eigenvalue weighted by Crippen LogP contribution is 2.52. The second-order valence-corrected chi connectivity index (χ2v) is 8.82. The predicted molar refractivity (Wildman–Crippen MR) is 108 cm³/mol. The third kappa shape index (κ3) is 2.77. The van der Waals surface area contributed by atoms with Gasteiger partial charge < -0.3 is 10.1 Å². The third-order valence-corrected chi connectivity index (χ3v) is 7.12. The van der Waals surface area contributed by atoms with Gasteiger partial charge in [0.2, 0.25) is 17.7 Å². The van der Waals surface area contributed by atoms with Crippen molar-refractivity contribution in [3.63, 3.8) is 0 Å². The summed E-state index contributed by atoms with van der Waals surface area (Å²) in [6.07, 6.45) is 4.96. The van der Waals surface area contributed by atoms with E-state index in [1.165, 1.54) is 11.3 Å². The van der Waals surface area contributed by atoms with Gasteiger partial charge in [-0.15, -0.1) is 0 Å². The summed E-state index contributed by atoms with van der Waals surface area (Å²) in [5.74, 6) is -0.457. The molecule has 1 aliphatic heterocycles. The van der Waals surface area contributed by atoms with Crippen LogP contribution in [-0.2, 0) is 14.4 Å². The highest BCUT2D eigenvalue weighted by Gasteiger charge is 2.60. The van der Waals surface area contributed by atoms with Crippen LogP contribution in [0.1, 0.15) is 20.3 Å². The zero-order valence-electron chi connectivity index (χ0n) is 16.1. The predicted octanol–water partition coefficient (Wildman–Crippen LogP) is 2.83. The molecule has 3 amide bonds. The number of nitrogens with one attached hydrogen (secondary N) is 1. The first-order chi connectivity index (χ1) is 14.0. The van der Waals surface area contributed by atoms with Gasteiger partial charge in [-0.1, -0.05) is 23.5 Å². The average molecular weight is 411 g/mol. The Kier molecular flexibility index (Phi) is 4.20. The van der Waals surface area contributed by atoms with Crippen molar-refractivity contribution in [3.05, 3.63) is 30.4 Å². The van der Waals surface area contributed by atoms with Gasteiger partial charge in [-0.25, -0.2) is 4.98 Å². The largest absolute Gasteiger partial charge is 0.494 e. The Bertz CT molecular complexity index is 1030. The van der Waals surface area contributed by atoms with E-state index in [2.05, 4.69) is 10.3 Å². The number of carbonyl (C=O) groups is 3. The Balaban J connectivity index is 1.33. The van der Waals surface area contributed by atoms with E-state index < -0.39 is 11.9 Å². The lowest BCUT2D eigenvalue weighted by atomic mass is 9.85. The Morgan fingerprint density at radius 1 is 1.28 bits per heavy atom. The second-order valence-electron chi connectivity index (χ2n) is 7.79. The zero-order chi connectivity index (χ0) is 20.3. The number of nitrogens with zero attached hydrogens (tertiary/aromatic N) is 2. The number of aromatic nitrogens is 1. The van der Waals surface area contributed by atoms with Gasteiger partial charge in [-0.05, 0) is 44.2 Å². The van der Waals surface area contributed by atoms with Gasteiger partial charge in [0.1, 0.15) is 11.8 Å². The number of ether oxygens (including phenoxy) is 1. The molecule has 2 bridgehead atoms. The number of benzene rings is 1. The number of hydrogen-bond acceptors (Lipinski definition) is 6. The number of amides is 3. The topological polar surface area (TPSA) is 88.6 Å². The van der Waals surface area contributed by atoms with E-state index in [4.69, 9.17) is 4.74 Å². The summed E-state index contributed by atoms with van der Waals surface area (Å²) in [5, 5.41) is 3.21. The molecular formula is C21H21N3O4S. The second kappa shape index (κ2) is 6.66. The van der Waals surface area contributed by atoms with Crippen LogP contribution in [0.3, 0.4) is 0 Å². The van der Waals surface area contributed by atoms with Gasteiger partial charge in [0.25, 0.3) is 0 Å². The van der Waals surface area contributed by atoms with Gasteiger partial charge in [0.05, 0.1) is 28.7 Å². The van der Waals surface area contributed by atoms with E-state index in [0.717, 1.165) is 27.3 Å². The summed E-state index contributed by atoms with van der Waals surface area (Å²) in [6, 6.07) is 4.72. The lowest BCUT2D eigenvalue weighted by molar-refractivity contribution is -0.146. The number of hydrogen-bond donors (Lipinski definition) is 1. The molecule has 1 N–H and O–H groups in total. The van der Waals surface area contributed by atoms with E-state index in [1.807, 2.05) is 37.3 Å². The first-order valence-electron chi connectivity index (χ1n) is 9.87. The number of allylic oxidation sites excluding steroid dienone is 2. The summed E-state index contributed by atoms with van der Waals surface area (Å²) in [5.41, 5.74) is 0.731. The van der Waals surface area contributed by atoms with Crippen molar-refractivity contribution >= 4 is 44.4 Å². The summed E-state index contributed by atoms with van der Waals surface area (Å²) in [4.78, 5) is 44.2. The number of carbonyl (C=O) groups excluding carboxylic acids is 3. The van der Waals surface area contributed by atoms with Crippen LogP contribution >= 0.6 is 11.3 Å². The molecule has 29 heavy (non-hydrogen) atoms. The maximum atomic E-state index is 12.9. The first kappa shape index (κ1) is 18.3. The molecule has 0 spiro atoms. The Morgan fingerprint density at radius 3 is 2.62 bits per heavy atom. The molecular weight excluding hydrogens is 390 g/mol. The van der Waals surface area contributed by atoms with Gasteiger partial charge >= 0.3 is 0 Å². The number of likely N-dealkylation sites (tertiary alicyclic amines) is 1. The molecule has 3 aliphatic rings. The number of thiazole rings is 1. The molecule has 8 heteroatoms. The van der Waals surface area contributed by atoms with Gasteiger partial charge in [-0.3, -0.25) is 19.3 Å². The van der Waals surface area contributed by atoms with Crippen LogP contribution in [0.15, 0.2) is 30.4 Å². The van der Waals surface area contributed by atoms with Crippen molar-refractivity contribution in [2.45, 2.75) is 26.3 Å². The van der Waals surface area contributed by atoms with Crippen molar-refractivity contribution in [3.8, 4) is 5.75 Å². The van der Waals surface area contributed by atoms with E-state index in [0.29, 0.717) is 11.7 Å². The molecule has 0 unspecified atom stereocenters. The minimum atomic E-state index is -0.869. The quantitative estimate of drug-likeness (QED) is 0.604. The van der Waals surface area contributed by atoms with Gasteiger partial charge in [-0.2, -0.15) is 0 Å². The highest BCUT2D eigenvalue weighted by molar-refractivity contribution is 7.22. The first-order valence-corrected chi connectivity index (χ1v) is 10.7. The molecule has 1 aromatic heterocycles. The smallest absolute Gasteiger partial charge is 0.249 e. The maximum Gasteiger partial charge on any atom is 0.249 e. The van der Waals surface area contributed by atoms with E-state index in [9.17, 15) is 14.4 Å². The lowest BCUT2D eigenvalue weighted by Crippen LogP contribution is -2.46. The van der Waals surface area contributed by atoms with E-state index in [1.54, 1.807) is 6.92 Å². The van der Waals surface area contributed by atoms with Crippen molar-refractivity contribution in [2.75, 3.05) is 11.9 Å². The fourth-order valence-corrected chi connectivity index (χ4v) is 5.70. The van der Waals surface area contributed by atoms with Crippen LogP contribution in [0.2, 0.25) is 0 Å². The number of rotatable bonds is 5. The van der Waals surface area contributed by atoms with Crippen molar-refractivity contribution in [1.82, 2.24) is 9.88 Å². The average Bonchev–Trinajstić information content (AvgIpc) is 3.44. The van der Waals surface area contributed by atoms with E-state index in [-0.39, 0.29) is 35.5 Å². The fraction of sp³-hybridized carbons (Fsp3) is 0.429. The minimum absolute atomic E-state index is 0.130. The van der Waals surface area contributed by atoms with Crippen LogP contribution in [0.25, 0.3) is 10.2 Å². The van der Waals surface area contributed by atoms with Crippen LogP contribution in [0.5, 0.6) is 5.75 Å². The van der Waals surface area contributed by atoms with Crippen molar-refractivity contribution in [1.29, 1.82) is 0 Å². The molecule has 2 heterocycles. The normalized spacial score (nSPS) is 28.3. The molecule has 1 saturated heterocycles. The summed E-state index contributed by atoms with van der Waals surface area (Å²) >= 11 is 1.34. The van der Waals surface area contributed by atoms with Crippen molar-refractivity contribution < 1.29 is 19.1 Å². The Morgan fingerprint density at radius 2 is 1.97 bits per heavy atom. The van der Waals surface area contributed by atoms with Crippen LogP contribution in [0.4, 0.5) is 5.13 Å². The number of imide groups is 1. The molecule has 2 aliphatic carbocycles. The molecule has 5 rings (SSSR count). The number of anilines is 1. The Labute approximate surface area is 171 Å². The SMILES string of the molecule is CCOc1ccc2sc(NC(=O)[C@@H](C)N3C(=O)[C@@H]4[C@H](C3=O)[C@H]3C=C[C@H]4C3)nc2c1. The molecule has 0 radical (unpaired) electrons. The Hall–Kier alpha value is -2.74. The molecule has 5 atom stereocenters. The minimum Gasteiger partial charge on any atom is -0.494 e. The van der Waals surface area contributed by atoms with Crippen molar-refractivity contribution in [2.24, 2.45) is 23.7 Å². The highest BCUT2D eigenvalue weighted by atomic mass is 32.1. The van der Waals surface area contributed by atoms with Gasteiger partial charge in [0, 0.05) is 6.07 Å². The molecule has 1 aromatic carbocycles. The monoisotopic (exact) mass is 411 g/mol. The molecule has 1 saturated carbocycles. The van der Waals surface area contributed by atoms with Crippen LogP contribution in [-0.4, -0.2) is 40.3 Å². The van der Waals surface area contributed by atoms with Crippen LogP contribution < -0.4 is 10.1 Å². The fourth-order valence-electron chi connectivity index (χ4n) is 4.85. The lowest BCUT2D eigenvalue weighted by Gasteiger charge is -2.23. The molecule has 2 aromatic rings. The number of fused-ring (bicyclic) bond motifs is 6. The molecule has 2 fully saturated rings. The summed E-state index contributed by atoms with van der Waals surface area (Å²) < 4.78 is 6.40. The molecule has 7 nitrogen and oxygen atoms in total. The standard InChI is InChI=1S/C21H21N3O4S/c1-3-28-13-6-7-15-14(9-13)22-21(29-15)23-18(25)10(2)24-19(26)16-11-4-5-12(8-11)17(16)20(24)27/h4-7,9-12,16-17H,3,8H2,1-2H3,(H,22,23,25)/t10-,11+,12+,16-,17+/m1/s1. The third-order valence-electron chi connectivity index (χ3n) is 6.17. The molecule has 150 valence electrons.